The zero-order valence-electron chi connectivity index (χ0n) is 12.6. The molecule has 0 amide bonds. The normalized spacial score (nSPS) is 10.7. The maximum absolute atomic E-state index is 12.0. The summed E-state index contributed by atoms with van der Waals surface area (Å²) in [6.07, 6.45) is 1.90. The number of rotatable bonds is 6. The molecule has 0 unspecified atom stereocenters. The molecule has 0 aliphatic rings. The van der Waals surface area contributed by atoms with Crippen molar-refractivity contribution in [3.8, 4) is 11.5 Å². The summed E-state index contributed by atoms with van der Waals surface area (Å²) in [4.78, 5) is 12.0. The molecule has 1 aromatic heterocycles. The maximum Gasteiger partial charge on any atom is 0.338 e. The average molecular weight is 293 g/mol. The smallest absolute Gasteiger partial charge is 0.338 e. The van der Waals surface area contributed by atoms with E-state index in [2.05, 4.69) is 0 Å². The van der Waals surface area contributed by atoms with Gasteiger partial charge in [0.15, 0.2) is 18.3 Å². The molecule has 0 saturated carbocycles. The monoisotopic (exact) mass is 293 g/mol. The van der Waals surface area contributed by atoms with Crippen LogP contribution in [0.4, 0.5) is 0 Å². The van der Waals surface area contributed by atoms with Crippen molar-refractivity contribution in [3.63, 3.8) is 0 Å². The molecule has 6 nitrogen and oxygen atoms in total. The van der Waals surface area contributed by atoms with Gasteiger partial charge in [0.25, 0.3) is 0 Å². The minimum Gasteiger partial charge on any atom is -0.493 e. The molecule has 0 spiro atoms. The van der Waals surface area contributed by atoms with Gasteiger partial charge in [-0.2, -0.15) is 0 Å². The number of carbonyl (C=O) groups is 1. The third-order valence-electron chi connectivity index (χ3n) is 3.25. The lowest BCUT2D eigenvalue weighted by Crippen LogP contribution is -2.07. The van der Waals surface area contributed by atoms with Crippen molar-refractivity contribution >= 4 is 16.9 Å². The van der Waals surface area contributed by atoms with E-state index in [4.69, 9.17) is 18.9 Å². The van der Waals surface area contributed by atoms with Crippen LogP contribution < -0.4 is 9.47 Å². The van der Waals surface area contributed by atoms with Gasteiger partial charge in [0.2, 0.25) is 0 Å². The van der Waals surface area contributed by atoms with Crippen molar-refractivity contribution in [2.24, 2.45) is 0 Å². The van der Waals surface area contributed by atoms with Crippen LogP contribution in [0.15, 0.2) is 18.3 Å². The fraction of sp³-hybridized carbons (Fsp3) is 0.400. The first-order valence-corrected chi connectivity index (χ1v) is 6.57. The molecule has 0 N–H and O–H groups in total. The van der Waals surface area contributed by atoms with E-state index < -0.39 is 5.97 Å². The predicted molar refractivity (Wildman–Crippen MR) is 78.0 cm³/mol. The topological polar surface area (TPSA) is 58.9 Å². The largest absolute Gasteiger partial charge is 0.493 e. The first kappa shape index (κ1) is 15.2. The predicted octanol–water partition coefficient (Wildman–Crippen LogP) is 2.44. The van der Waals surface area contributed by atoms with Crippen molar-refractivity contribution in [2.45, 2.75) is 13.5 Å². The van der Waals surface area contributed by atoms with Gasteiger partial charge in [0.1, 0.15) is 0 Å². The van der Waals surface area contributed by atoms with Crippen LogP contribution in [0.1, 0.15) is 17.3 Å². The highest BCUT2D eigenvalue weighted by molar-refractivity contribution is 6.07. The Morgan fingerprint density at radius 3 is 2.62 bits per heavy atom. The van der Waals surface area contributed by atoms with Crippen LogP contribution in [0.25, 0.3) is 10.9 Å². The van der Waals surface area contributed by atoms with Gasteiger partial charge < -0.3 is 23.5 Å². The van der Waals surface area contributed by atoms with Crippen molar-refractivity contribution < 1.29 is 23.7 Å². The van der Waals surface area contributed by atoms with Crippen LogP contribution in [0, 0.1) is 0 Å². The van der Waals surface area contributed by atoms with Gasteiger partial charge >= 0.3 is 5.97 Å². The number of aryl methyl sites for hydroxylation is 1. The third-order valence-corrected chi connectivity index (χ3v) is 3.25. The molecule has 0 bridgehead atoms. The van der Waals surface area contributed by atoms with Gasteiger partial charge in [-0.15, -0.1) is 0 Å². The minimum absolute atomic E-state index is 0.0952. The second kappa shape index (κ2) is 6.49. The van der Waals surface area contributed by atoms with Crippen molar-refractivity contribution in [1.29, 1.82) is 0 Å². The summed E-state index contributed by atoms with van der Waals surface area (Å²) in [5.74, 6) is 0.604. The Kier molecular flexibility index (Phi) is 4.70. The maximum atomic E-state index is 12.0. The van der Waals surface area contributed by atoms with E-state index in [-0.39, 0.29) is 6.79 Å². The van der Waals surface area contributed by atoms with E-state index in [0.717, 1.165) is 17.4 Å². The Bertz CT molecular complexity index is 647. The number of nitrogens with zero attached hydrogens (tertiary/aromatic N) is 1. The molecular formula is C15H19NO5. The van der Waals surface area contributed by atoms with E-state index in [9.17, 15) is 4.79 Å². The second-order valence-corrected chi connectivity index (χ2v) is 4.36. The standard InChI is InChI=1S/C15H19NO5/c1-5-16-7-6-10-11(15(17)20-4)8-12(19-3)14(13(10)16)21-9-18-2/h6-8H,5,9H2,1-4H3. The molecule has 0 fully saturated rings. The molecule has 1 aromatic carbocycles. The molecule has 0 aliphatic heterocycles. The fourth-order valence-corrected chi connectivity index (χ4v) is 2.29. The lowest BCUT2D eigenvalue weighted by molar-refractivity contribution is 0.0500. The Hall–Kier alpha value is -2.21. The van der Waals surface area contributed by atoms with Gasteiger partial charge in [-0.05, 0) is 19.1 Å². The quantitative estimate of drug-likeness (QED) is 0.605. The zero-order valence-corrected chi connectivity index (χ0v) is 12.6. The van der Waals surface area contributed by atoms with Crippen molar-refractivity contribution in [1.82, 2.24) is 4.57 Å². The van der Waals surface area contributed by atoms with Gasteiger partial charge in [-0.3, -0.25) is 0 Å². The highest BCUT2D eigenvalue weighted by Gasteiger charge is 2.21. The number of methoxy groups -OCH3 is 3. The Labute approximate surface area is 123 Å². The molecule has 0 saturated heterocycles. The van der Waals surface area contributed by atoms with Crippen LogP contribution in [0.5, 0.6) is 11.5 Å². The van der Waals surface area contributed by atoms with E-state index in [1.807, 2.05) is 23.8 Å². The first-order valence-electron chi connectivity index (χ1n) is 6.57. The van der Waals surface area contributed by atoms with Crippen LogP contribution in [-0.2, 0) is 16.0 Å². The number of benzene rings is 1. The van der Waals surface area contributed by atoms with E-state index in [1.54, 1.807) is 13.2 Å². The van der Waals surface area contributed by atoms with Gasteiger partial charge in [-0.25, -0.2) is 4.79 Å². The molecule has 0 atom stereocenters. The van der Waals surface area contributed by atoms with Crippen molar-refractivity contribution in [3.05, 3.63) is 23.9 Å². The highest BCUT2D eigenvalue weighted by Crippen LogP contribution is 2.39. The SMILES string of the molecule is CCn1ccc2c(C(=O)OC)cc(OC)c(OCOC)c21. The number of aromatic nitrogens is 1. The summed E-state index contributed by atoms with van der Waals surface area (Å²) >= 11 is 0. The molecule has 6 heteroatoms. The Morgan fingerprint density at radius 2 is 2.05 bits per heavy atom. The number of hydrogen-bond donors (Lipinski definition) is 0. The molecule has 2 rings (SSSR count). The summed E-state index contributed by atoms with van der Waals surface area (Å²) in [6, 6.07) is 3.49. The molecule has 114 valence electrons. The number of fused-ring (bicyclic) bond motifs is 1. The number of esters is 1. The lowest BCUT2D eigenvalue weighted by atomic mass is 10.1. The van der Waals surface area contributed by atoms with Gasteiger partial charge in [-0.1, -0.05) is 0 Å². The fourth-order valence-electron chi connectivity index (χ4n) is 2.29. The van der Waals surface area contributed by atoms with Gasteiger partial charge in [0, 0.05) is 25.2 Å². The van der Waals surface area contributed by atoms with Crippen LogP contribution in [-0.4, -0.2) is 38.7 Å². The summed E-state index contributed by atoms with van der Waals surface area (Å²) in [6.45, 7) is 2.84. The van der Waals surface area contributed by atoms with Gasteiger partial charge in [0.05, 0.1) is 25.3 Å². The van der Waals surface area contributed by atoms with Crippen LogP contribution >= 0.6 is 0 Å². The zero-order chi connectivity index (χ0) is 15.4. The Balaban J connectivity index is 2.74. The molecular weight excluding hydrogens is 274 g/mol. The minimum atomic E-state index is -0.412. The summed E-state index contributed by atoms with van der Waals surface area (Å²) in [7, 11) is 4.43. The van der Waals surface area contributed by atoms with E-state index in [0.29, 0.717) is 17.1 Å². The van der Waals surface area contributed by atoms with Crippen LogP contribution in [0.2, 0.25) is 0 Å². The highest BCUT2D eigenvalue weighted by atomic mass is 16.7. The second-order valence-electron chi connectivity index (χ2n) is 4.36. The average Bonchev–Trinajstić information content (AvgIpc) is 2.95. The Morgan fingerprint density at radius 1 is 1.29 bits per heavy atom. The summed E-state index contributed by atoms with van der Waals surface area (Å²) in [5, 5.41) is 0.760. The number of carbonyl (C=O) groups excluding carboxylic acids is 1. The summed E-state index contributed by atoms with van der Waals surface area (Å²) < 4.78 is 22.8. The van der Waals surface area contributed by atoms with E-state index >= 15 is 0 Å². The van der Waals surface area contributed by atoms with Crippen LogP contribution in [0.3, 0.4) is 0 Å². The number of ether oxygens (including phenoxy) is 4. The molecule has 1 heterocycles. The lowest BCUT2D eigenvalue weighted by Gasteiger charge is -2.15. The molecule has 0 radical (unpaired) electrons. The molecule has 0 aliphatic carbocycles. The molecule has 21 heavy (non-hydrogen) atoms. The van der Waals surface area contributed by atoms with Crippen molar-refractivity contribution in [2.75, 3.05) is 28.1 Å². The summed E-state index contributed by atoms with van der Waals surface area (Å²) in [5.41, 5.74) is 1.23. The molecule has 2 aromatic rings. The first-order chi connectivity index (χ1) is 10.2. The number of hydrogen-bond acceptors (Lipinski definition) is 5. The van der Waals surface area contributed by atoms with E-state index in [1.165, 1.54) is 14.2 Å². The third kappa shape index (κ3) is 2.67.